The highest BCUT2D eigenvalue weighted by atomic mass is 31.3. The van der Waals surface area contributed by atoms with Gasteiger partial charge in [0.1, 0.15) is 35.8 Å². The van der Waals surface area contributed by atoms with Crippen LogP contribution < -0.4 is 11.1 Å². The molecular formula is C14H27N3O14P2. The highest BCUT2D eigenvalue weighted by Gasteiger charge is 2.48. The first-order chi connectivity index (χ1) is 15.1. The van der Waals surface area contributed by atoms with Crippen LogP contribution in [-0.2, 0) is 27.2 Å². The summed E-state index contributed by atoms with van der Waals surface area (Å²) in [5, 5.41) is 50.6. The number of rotatable bonds is 11. The van der Waals surface area contributed by atoms with Gasteiger partial charge in [-0.15, -0.1) is 0 Å². The second kappa shape index (κ2) is 10.6. The fourth-order valence-electron chi connectivity index (χ4n) is 2.66. The quantitative estimate of drug-likeness (QED) is 0.119. The molecule has 2 heterocycles. The van der Waals surface area contributed by atoms with Gasteiger partial charge in [0.25, 0.3) is 0 Å². The van der Waals surface area contributed by atoms with E-state index in [-0.39, 0.29) is 12.4 Å². The zero-order chi connectivity index (χ0) is 25.2. The first-order valence-electron chi connectivity index (χ1n) is 9.31. The lowest BCUT2D eigenvalue weighted by molar-refractivity contribution is -0.107. The van der Waals surface area contributed by atoms with Crippen molar-refractivity contribution in [2.45, 2.75) is 43.2 Å². The van der Waals surface area contributed by atoms with Gasteiger partial charge in [0.2, 0.25) is 0 Å². The Hall–Kier alpha value is -1.17. The van der Waals surface area contributed by atoms with Gasteiger partial charge < -0.3 is 45.8 Å². The van der Waals surface area contributed by atoms with Gasteiger partial charge in [-0.25, -0.2) is 13.9 Å². The van der Waals surface area contributed by atoms with Gasteiger partial charge >= 0.3 is 21.7 Å². The Balaban J connectivity index is 1.91. The van der Waals surface area contributed by atoms with Crippen molar-refractivity contribution in [2.75, 3.05) is 26.4 Å². The molecule has 0 radical (unpaired) electrons. The molecule has 0 aliphatic carbocycles. The van der Waals surface area contributed by atoms with E-state index >= 15 is 0 Å². The lowest BCUT2D eigenvalue weighted by Crippen LogP contribution is -2.54. The Morgan fingerprint density at radius 1 is 1.30 bits per heavy atom. The van der Waals surface area contributed by atoms with E-state index < -0.39 is 77.7 Å². The standard InChI is InChI=1S/C14H27N3O14P2/c1-14(23,6-18)8(19)5-29-33(26,27)31-32(24,25)28-4-7-10(20)11(21)12(30-7)17-3-2-9(15)16-13(17)22/h2,7-8,10-12,18-21,23H,3-6,15H2,1H3,(H,16,22)(H,24,25)(H,26,27)/t7-,8-,10-,11-,12-,14+/m1/s1. The van der Waals surface area contributed by atoms with Crippen LogP contribution in [0.2, 0.25) is 0 Å². The summed E-state index contributed by atoms with van der Waals surface area (Å²) in [7, 11) is -10.6. The van der Waals surface area contributed by atoms with Gasteiger partial charge in [-0.05, 0) is 13.0 Å². The van der Waals surface area contributed by atoms with E-state index in [1.54, 1.807) is 0 Å². The van der Waals surface area contributed by atoms with Gasteiger partial charge in [-0.2, -0.15) is 4.31 Å². The number of nitrogens with zero attached hydrogens (tertiary/aromatic N) is 1. The van der Waals surface area contributed by atoms with Crippen LogP contribution in [0, 0.1) is 0 Å². The van der Waals surface area contributed by atoms with Crippen molar-refractivity contribution in [3.8, 4) is 0 Å². The van der Waals surface area contributed by atoms with Gasteiger partial charge in [0.05, 0.1) is 19.8 Å². The van der Waals surface area contributed by atoms with Crippen LogP contribution in [0.25, 0.3) is 0 Å². The number of amides is 2. The summed E-state index contributed by atoms with van der Waals surface area (Å²) in [5.41, 5.74) is 3.36. The highest BCUT2D eigenvalue weighted by Crippen LogP contribution is 2.60. The van der Waals surface area contributed by atoms with E-state index in [0.717, 1.165) is 11.8 Å². The summed E-state index contributed by atoms with van der Waals surface area (Å²) in [6.07, 6.45) is -6.60. The molecule has 19 heteroatoms. The molecule has 2 unspecified atom stereocenters. The SMILES string of the molecule is C[C@](O)(CO)[C@H](O)COP(=O)(O)OP(=O)(O)OC[C@H]1O[C@@H](N2CC=C(N)NC2=O)[C@H](O)[C@@H]1O. The molecule has 0 saturated carbocycles. The second-order valence-electron chi connectivity index (χ2n) is 7.43. The van der Waals surface area contributed by atoms with E-state index in [2.05, 4.69) is 18.7 Å². The van der Waals surface area contributed by atoms with E-state index in [1.165, 1.54) is 6.08 Å². The molecule has 0 spiro atoms. The molecule has 10 N–H and O–H groups in total. The minimum Gasteiger partial charge on any atom is -0.393 e. The number of phosphoric acid groups is 2. The summed E-state index contributed by atoms with van der Waals surface area (Å²) in [6, 6.07) is -0.732. The second-order valence-corrected chi connectivity index (χ2v) is 10.5. The molecule has 192 valence electrons. The number of nitrogens with two attached hydrogens (primary N) is 1. The smallest absolute Gasteiger partial charge is 0.393 e. The Bertz CT molecular complexity index is 840. The predicted molar refractivity (Wildman–Crippen MR) is 105 cm³/mol. The summed E-state index contributed by atoms with van der Waals surface area (Å²) >= 11 is 0. The van der Waals surface area contributed by atoms with E-state index in [9.17, 15) is 44.1 Å². The number of urea groups is 1. The monoisotopic (exact) mass is 523 g/mol. The van der Waals surface area contributed by atoms with Gasteiger partial charge in [0, 0.05) is 6.54 Å². The van der Waals surface area contributed by atoms with Gasteiger partial charge in [-0.1, -0.05) is 0 Å². The predicted octanol–water partition coefficient (Wildman–Crippen LogP) is -3.39. The van der Waals surface area contributed by atoms with E-state index in [1.807, 2.05) is 0 Å². The molecule has 33 heavy (non-hydrogen) atoms. The molecule has 0 aromatic rings. The number of aliphatic hydroxyl groups is 5. The van der Waals surface area contributed by atoms with Crippen molar-refractivity contribution in [1.82, 2.24) is 10.2 Å². The van der Waals surface area contributed by atoms with Crippen molar-refractivity contribution in [3.05, 3.63) is 11.9 Å². The number of carbonyl (C=O) groups is 1. The Kier molecular flexibility index (Phi) is 9.03. The first-order valence-corrected chi connectivity index (χ1v) is 12.3. The lowest BCUT2D eigenvalue weighted by Gasteiger charge is -2.32. The highest BCUT2D eigenvalue weighted by molar-refractivity contribution is 7.61. The average Bonchev–Trinajstić information content (AvgIpc) is 2.98. The molecule has 2 rings (SSSR count). The minimum atomic E-state index is -5.32. The molecule has 2 aliphatic rings. The zero-order valence-corrected chi connectivity index (χ0v) is 19.0. The molecule has 8 atom stereocenters. The van der Waals surface area contributed by atoms with Crippen molar-refractivity contribution < 1.29 is 67.3 Å². The molecule has 0 aromatic heterocycles. The molecule has 2 aliphatic heterocycles. The van der Waals surface area contributed by atoms with Crippen molar-refractivity contribution in [1.29, 1.82) is 0 Å². The van der Waals surface area contributed by atoms with Crippen LogP contribution in [0.15, 0.2) is 11.9 Å². The van der Waals surface area contributed by atoms with E-state index in [0.29, 0.717) is 0 Å². The number of carbonyl (C=O) groups excluding carboxylic acids is 1. The third-order valence-corrected chi connectivity index (χ3v) is 7.31. The molecular weight excluding hydrogens is 496 g/mol. The summed E-state index contributed by atoms with van der Waals surface area (Å²) in [6.45, 7) is -1.97. The van der Waals surface area contributed by atoms with Crippen molar-refractivity contribution >= 4 is 21.7 Å². The van der Waals surface area contributed by atoms with Crippen LogP contribution in [0.1, 0.15) is 6.92 Å². The molecule has 1 fully saturated rings. The number of hydrogen-bond acceptors (Lipinski definition) is 13. The maximum atomic E-state index is 12.0. The van der Waals surface area contributed by atoms with Crippen LogP contribution >= 0.6 is 15.6 Å². The Morgan fingerprint density at radius 2 is 1.91 bits per heavy atom. The maximum Gasteiger partial charge on any atom is 0.481 e. The summed E-state index contributed by atoms with van der Waals surface area (Å²) in [4.78, 5) is 32.2. The summed E-state index contributed by atoms with van der Waals surface area (Å²) in [5.74, 6) is 0.0747. The number of aliphatic hydroxyl groups excluding tert-OH is 4. The maximum absolute atomic E-state index is 12.0. The van der Waals surface area contributed by atoms with E-state index in [4.69, 9.17) is 15.6 Å². The van der Waals surface area contributed by atoms with Crippen molar-refractivity contribution in [3.63, 3.8) is 0 Å². The number of nitrogens with one attached hydrogen (secondary N) is 1. The normalized spacial score (nSPS) is 32.3. The fourth-order valence-corrected chi connectivity index (χ4v) is 4.75. The molecule has 0 aromatic carbocycles. The van der Waals surface area contributed by atoms with Crippen LogP contribution in [-0.4, -0.2) is 109 Å². The fraction of sp³-hybridized carbons (Fsp3) is 0.786. The molecule has 1 saturated heterocycles. The third kappa shape index (κ3) is 7.40. The Labute approximate surface area is 187 Å². The minimum absolute atomic E-state index is 0.0681. The third-order valence-electron chi connectivity index (χ3n) is 4.71. The van der Waals surface area contributed by atoms with Crippen LogP contribution in [0.4, 0.5) is 4.79 Å². The number of ether oxygens (including phenoxy) is 1. The zero-order valence-electron chi connectivity index (χ0n) is 17.2. The van der Waals surface area contributed by atoms with Gasteiger partial charge in [-0.3, -0.25) is 19.3 Å². The molecule has 0 bridgehead atoms. The topological polar surface area (TPSA) is 271 Å². The van der Waals surface area contributed by atoms with Crippen LogP contribution in [0.3, 0.4) is 0 Å². The van der Waals surface area contributed by atoms with Crippen molar-refractivity contribution in [2.24, 2.45) is 5.73 Å². The largest absolute Gasteiger partial charge is 0.481 e. The first kappa shape index (κ1) is 28.1. The summed E-state index contributed by atoms with van der Waals surface area (Å²) < 4.78 is 42.0. The van der Waals surface area contributed by atoms with Crippen LogP contribution in [0.5, 0.6) is 0 Å². The van der Waals surface area contributed by atoms with Gasteiger partial charge in [0.15, 0.2) is 6.23 Å². The number of hydrogen-bond donors (Lipinski definition) is 9. The number of phosphoric ester groups is 2. The Morgan fingerprint density at radius 3 is 2.48 bits per heavy atom. The molecule has 2 amide bonds. The lowest BCUT2D eigenvalue weighted by atomic mass is 10.0. The molecule has 17 nitrogen and oxygen atoms in total. The average molecular weight is 523 g/mol.